The monoisotopic (exact) mass is 234 g/mol. The zero-order chi connectivity index (χ0) is 11.4. The van der Waals surface area contributed by atoms with E-state index >= 15 is 0 Å². The van der Waals surface area contributed by atoms with Crippen LogP contribution in [0.2, 0.25) is 0 Å². The molecule has 0 radical (unpaired) electrons. The summed E-state index contributed by atoms with van der Waals surface area (Å²) < 4.78 is 2.02. The standard InChI is InChI=1S/C12H14N2OS/c1-14-9-13-6-11(14)8-16-12-4-2-10(7-15)3-5-12/h2-6,9,15H,7-8H2,1H3. The summed E-state index contributed by atoms with van der Waals surface area (Å²) in [5.74, 6) is 0.912. The number of aryl methyl sites for hydroxylation is 1. The normalized spacial score (nSPS) is 10.6. The third kappa shape index (κ3) is 2.65. The van der Waals surface area contributed by atoms with Crippen LogP contribution in [0.3, 0.4) is 0 Å². The lowest BCUT2D eigenvalue weighted by Gasteiger charge is -2.03. The van der Waals surface area contributed by atoms with Crippen LogP contribution in [0.4, 0.5) is 0 Å². The van der Waals surface area contributed by atoms with Crippen molar-refractivity contribution in [2.45, 2.75) is 17.3 Å². The number of aliphatic hydroxyl groups is 1. The Morgan fingerprint density at radius 2 is 2.06 bits per heavy atom. The van der Waals surface area contributed by atoms with Crippen molar-refractivity contribution in [2.75, 3.05) is 0 Å². The fourth-order valence-corrected chi connectivity index (χ4v) is 2.29. The molecule has 0 aliphatic carbocycles. The van der Waals surface area contributed by atoms with E-state index in [9.17, 15) is 0 Å². The molecule has 0 amide bonds. The van der Waals surface area contributed by atoms with Gasteiger partial charge >= 0.3 is 0 Å². The first-order chi connectivity index (χ1) is 7.79. The summed E-state index contributed by atoms with van der Waals surface area (Å²) in [6.07, 6.45) is 3.69. The highest BCUT2D eigenvalue weighted by Gasteiger charge is 2.00. The fraction of sp³-hybridized carbons (Fsp3) is 0.250. The van der Waals surface area contributed by atoms with Gasteiger partial charge in [-0.3, -0.25) is 0 Å². The van der Waals surface area contributed by atoms with Crippen LogP contribution in [0.25, 0.3) is 0 Å². The van der Waals surface area contributed by atoms with E-state index in [1.54, 1.807) is 11.8 Å². The van der Waals surface area contributed by atoms with Crippen LogP contribution in [0, 0.1) is 0 Å². The number of rotatable bonds is 4. The molecule has 0 bridgehead atoms. The minimum atomic E-state index is 0.104. The molecule has 16 heavy (non-hydrogen) atoms. The molecule has 2 rings (SSSR count). The zero-order valence-corrected chi connectivity index (χ0v) is 9.94. The van der Waals surface area contributed by atoms with Gasteiger partial charge in [0.15, 0.2) is 0 Å². The Labute approximate surface area is 99.1 Å². The van der Waals surface area contributed by atoms with Crippen LogP contribution in [-0.4, -0.2) is 14.7 Å². The summed E-state index contributed by atoms with van der Waals surface area (Å²) >= 11 is 1.77. The second-order valence-corrected chi connectivity index (χ2v) is 4.64. The van der Waals surface area contributed by atoms with Gasteiger partial charge in [-0.05, 0) is 17.7 Å². The lowest BCUT2D eigenvalue weighted by molar-refractivity contribution is 0.282. The van der Waals surface area contributed by atoms with Crippen LogP contribution in [-0.2, 0) is 19.4 Å². The van der Waals surface area contributed by atoms with Gasteiger partial charge in [-0.15, -0.1) is 11.8 Å². The SMILES string of the molecule is Cn1cncc1CSc1ccc(CO)cc1. The molecule has 0 aliphatic heterocycles. The summed E-state index contributed by atoms with van der Waals surface area (Å²) in [6.45, 7) is 0.104. The molecule has 2 aromatic rings. The highest BCUT2D eigenvalue weighted by atomic mass is 32.2. The van der Waals surface area contributed by atoms with Crippen LogP contribution in [0.1, 0.15) is 11.3 Å². The highest BCUT2D eigenvalue weighted by Crippen LogP contribution is 2.22. The van der Waals surface area contributed by atoms with Crippen LogP contribution in [0.5, 0.6) is 0 Å². The molecule has 0 unspecified atom stereocenters. The lowest BCUT2D eigenvalue weighted by Crippen LogP contribution is -1.91. The highest BCUT2D eigenvalue weighted by molar-refractivity contribution is 7.98. The van der Waals surface area contributed by atoms with Crippen molar-refractivity contribution in [3.05, 3.63) is 48.0 Å². The minimum Gasteiger partial charge on any atom is -0.392 e. The second kappa shape index (κ2) is 5.18. The maximum atomic E-state index is 8.93. The second-order valence-electron chi connectivity index (χ2n) is 3.59. The maximum absolute atomic E-state index is 8.93. The number of benzene rings is 1. The number of hydrogen-bond acceptors (Lipinski definition) is 3. The fourth-order valence-electron chi connectivity index (χ4n) is 1.37. The van der Waals surface area contributed by atoms with E-state index < -0.39 is 0 Å². The van der Waals surface area contributed by atoms with Crippen molar-refractivity contribution in [1.29, 1.82) is 0 Å². The molecule has 3 nitrogen and oxygen atoms in total. The number of aliphatic hydroxyl groups excluding tert-OH is 1. The molecule has 0 atom stereocenters. The van der Waals surface area contributed by atoms with Crippen molar-refractivity contribution in [1.82, 2.24) is 9.55 Å². The van der Waals surface area contributed by atoms with Gasteiger partial charge in [0.2, 0.25) is 0 Å². The molecule has 1 N–H and O–H groups in total. The first-order valence-electron chi connectivity index (χ1n) is 5.07. The molecular formula is C12H14N2OS. The quantitative estimate of drug-likeness (QED) is 0.824. The summed E-state index contributed by atoms with van der Waals surface area (Å²) in [5, 5.41) is 8.93. The number of aromatic nitrogens is 2. The first kappa shape index (κ1) is 11.2. The van der Waals surface area contributed by atoms with Gasteiger partial charge in [0.05, 0.1) is 12.9 Å². The van der Waals surface area contributed by atoms with E-state index in [1.165, 1.54) is 10.6 Å². The Balaban J connectivity index is 1.97. The van der Waals surface area contributed by atoms with Crippen molar-refractivity contribution in [3.63, 3.8) is 0 Å². The molecule has 84 valence electrons. The predicted octanol–water partition coefficient (Wildman–Crippen LogP) is 2.20. The van der Waals surface area contributed by atoms with E-state index in [-0.39, 0.29) is 6.61 Å². The third-order valence-corrected chi connectivity index (χ3v) is 3.45. The van der Waals surface area contributed by atoms with Gasteiger partial charge in [0.25, 0.3) is 0 Å². The molecule has 1 aromatic carbocycles. The Morgan fingerprint density at radius 3 is 2.62 bits per heavy atom. The average molecular weight is 234 g/mol. The summed E-state index contributed by atoms with van der Waals surface area (Å²) in [5.41, 5.74) is 2.15. The van der Waals surface area contributed by atoms with Crippen molar-refractivity contribution in [2.24, 2.45) is 7.05 Å². The molecule has 1 aromatic heterocycles. The Morgan fingerprint density at radius 1 is 1.31 bits per heavy atom. The van der Waals surface area contributed by atoms with Gasteiger partial charge in [-0.1, -0.05) is 12.1 Å². The van der Waals surface area contributed by atoms with Crippen molar-refractivity contribution < 1.29 is 5.11 Å². The van der Waals surface area contributed by atoms with E-state index in [4.69, 9.17) is 5.11 Å². The number of thioether (sulfide) groups is 1. The average Bonchev–Trinajstić information content (AvgIpc) is 2.73. The van der Waals surface area contributed by atoms with Gasteiger partial charge in [0, 0.05) is 29.6 Å². The zero-order valence-electron chi connectivity index (χ0n) is 9.13. The van der Waals surface area contributed by atoms with E-state index in [1.807, 2.05) is 48.4 Å². The van der Waals surface area contributed by atoms with Gasteiger partial charge in [0.1, 0.15) is 0 Å². The number of imidazole rings is 1. The predicted molar refractivity (Wildman–Crippen MR) is 65.1 cm³/mol. The van der Waals surface area contributed by atoms with E-state index in [2.05, 4.69) is 4.98 Å². The Kier molecular flexibility index (Phi) is 3.64. The molecule has 0 spiro atoms. The number of nitrogens with zero attached hydrogens (tertiary/aromatic N) is 2. The maximum Gasteiger partial charge on any atom is 0.0945 e. The van der Waals surface area contributed by atoms with Gasteiger partial charge < -0.3 is 9.67 Å². The number of hydrogen-bond donors (Lipinski definition) is 1. The van der Waals surface area contributed by atoms with E-state index in [0.29, 0.717) is 0 Å². The van der Waals surface area contributed by atoms with Crippen molar-refractivity contribution in [3.8, 4) is 0 Å². The molecule has 0 fully saturated rings. The van der Waals surface area contributed by atoms with E-state index in [0.717, 1.165) is 11.3 Å². The van der Waals surface area contributed by atoms with Crippen molar-refractivity contribution >= 4 is 11.8 Å². The molecule has 0 aliphatic rings. The molecule has 4 heteroatoms. The Bertz CT molecular complexity index is 450. The third-order valence-electron chi connectivity index (χ3n) is 2.41. The van der Waals surface area contributed by atoms with Crippen LogP contribution >= 0.6 is 11.8 Å². The summed E-state index contributed by atoms with van der Waals surface area (Å²) in [7, 11) is 2.00. The lowest BCUT2D eigenvalue weighted by atomic mass is 10.2. The van der Waals surface area contributed by atoms with Crippen LogP contribution < -0.4 is 0 Å². The summed E-state index contributed by atoms with van der Waals surface area (Å²) in [4.78, 5) is 5.28. The molecular weight excluding hydrogens is 220 g/mol. The molecule has 1 heterocycles. The molecule has 0 saturated carbocycles. The summed E-state index contributed by atoms with van der Waals surface area (Å²) in [6, 6.07) is 7.97. The van der Waals surface area contributed by atoms with Crippen LogP contribution in [0.15, 0.2) is 41.7 Å². The molecule has 0 saturated heterocycles. The van der Waals surface area contributed by atoms with Gasteiger partial charge in [-0.25, -0.2) is 4.98 Å². The Hall–Kier alpha value is -1.26. The smallest absolute Gasteiger partial charge is 0.0945 e. The largest absolute Gasteiger partial charge is 0.392 e. The first-order valence-corrected chi connectivity index (χ1v) is 6.06. The van der Waals surface area contributed by atoms with Gasteiger partial charge in [-0.2, -0.15) is 0 Å². The minimum absolute atomic E-state index is 0.104. The topological polar surface area (TPSA) is 38.0 Å².